The van der Waals surface area contributed by atoms with Gasteiger partial charge in [-0.2, -0.15) is 16.7 Å². The SMILES string of the molecule is CC(=O)Nc1cccc(Nc2ncnc(N3CCC(SCc4ccccc4)CC3)n2)c1. The van der Waals surface area contributed by atoms with Gasteiger partial charge in [0.05, 0.1) is 0 Å². The van der Waals surface area contributed by atoms with Gasteiger partial charge in [0.1, 0.15) is 6.33 Å². The number of hydrogen-bond donors (Lipinski definition) is 2. The Kier molecular flexibility index (Phi) is 6.99. The number of rotatable bonds is 7. The average molecular weight is 435 g/mol. The number of hydrogen-bond acceptors (Lipinski definition) is 7. The van der Waals surface area contributed by atoms with E-state index in [0.29, 0.717) is 17.1 Å². The number of thioether (sulfide) groups is 1. The molecule has 1 aromatic heterocycles. The van der Waals surface area contributed by atoms with Crippen LogP contribution >= 0.6 is 11.8 Å². The molecule has 160 valence electrons. The summed E-state index contributed by atoms with van der Waals surface area (Å²) in [7, 11) is 0. The number of amides is 1. The zero-order valence-electron chi connectivity index (χ0n) is 17.5. The van der Waals surface area contributed by atoms with Gasteiger partial charge in [0, 0.05) is 42.4 Å². The first-order valence-electron chi connectivity index (χ1n) is 10.4. The lowest BCUT2D eigenvalue weighted by molar-refractivity contribution is -0.114. The topological polar surface area (TPSA) is 83.0 Å². The monoisotopic (exact) mass is 434 g/mol. The summed E-state index contributed by atoms with van der Waals surface area (Å²) in [5, 5.41) is 6.64. The number of nitrogens with zero attached hydrogens (tertiary/aromatic N) is 4. The molecule has 1 fully saturated rings. The van der Waals surface area contributed by atoms with Crippen LogP contribution in [0.1, 0.15) is 25.3 Å². The van der Waals surface area contributed by atoms with E-state index in [4.69, 9.17) is 0 Å². The summed E-state index contributed by atoms with van der Waals surface area (Å²) in [6.45, 7) is 3.36. The standard InChI is InChI=1S/C23H26N6OS/c1-17(30)26-19-8-5-9-20(14-19)27-22-24-16-25-23(28-22)29-12-10-21(11-13-29)31-15-18-6-3-2-4-7-18/h2-9,14,16,21H,10-13,15H2,1H3,(H,26,30)(H,24,25,27,28). The first kappa shape index (κ1) is 21.1. The fourth-order valence-corrected chi connectivity index (χ4v) is 4.68. The van der Waals surface area contributed by atoms with E-state index in [0.717, 1.165) is 43.1 Å². The number of nitrogens with one attached hydrogen (secondary N) is 2. The number of aromatic nitrogens is 3. The van der Waals surface area contributed by atoms with Gasteiger partial charge >= 0.3 is 0 Å². The first-order valence-corrected chi connectivity index (χ1v) is 11.4. The summed E-state index contributed by atoms with van der Waals surface area (Å²) >= 11 is 2.04. The number of benzene rings is 2. The van der Waals surface area contributed by atoms with Gasteiger partial charge in [0.2, 0.25) is 17.8 Å². The van der Waals surface area contributed by atoms with Crippen molar-refractivity contribution in [2.45, 2.75) is 30.8 Å². The number of carbonyl (C=O) groups excluding carboxylic acids is 1. The van der Waals surface area contributed by atoms with Crippen LogP contribution < -0.4 is 15.5 Å². The molecule has 0 atom stereocenters. The molecule has 0 radical (unpaired) electrons. The molecule has 1 aliphatic heterocycles. The molecule has 2 aromatic carbocycles. The van der Waals surface area contributed by atoms with Gasteiger partial charge in [0.15, 0.2) is 0 Å². The van der Waals surface area contributed by atoms with Gasteiger partial charge < -0.3 is 15.5 Å². The van der Waals surface area contributed by atoms with Crippen LogP contribution in [-0.4, -0.2) is 39.2 Å². The summed E-state index contributed by atoms with van der Waals surface area (Å²) in [5.41, 5.74) is 2.91. The van der Waals surface area contributed by atoms with Crippen LogP contribution in [0.5, 0.6) is 0 Å². The van der Waals surface area contributed by atoms with E-state index in [1.807, 2.05) is 36.0 Å². The molecule has 1 saturated heterocycles. The molecule has 0 bridgehead atoms. The molecule has 1 aliphatic rings. The van der Waals surface area contributed by atoms with Gasteiger partial charge in [-0.05, 0) is 36.6 Å². The van der Waals surface area contributed by atoms with E-state index in [1.54, 1.807) is 6.33 Å². The molecule has 7 nitrogen and oxygen atoms in total. The molecule has 3 aromatic rings. The molecule has 0 saturated carbocycles. The van der Waals surface area contributed by atoms with Crippen LogP contribution in [0.2, 0.25) is 0 Å². The Hall–Kier alpha value is -3.13. The zero-order chi connectivity index (χ0) is 21.5. The lowest BCUT2D eigenvalue weighted by atomic mass is 10.1. The van der Waals surface area contributed by atoms with E-state index in [9.17, 15) is 4.79 Å². The second-order valence-corrected chi connectivity index (χ2v) is 8.77. The van der Waals surface area contributed by atoms with Crippen molar-refractivity contribution < 1.29 is 4.79 Å². The highest BCUT2D eigenvalue weighted by Crippen LogP contribution is 2.28. The maximum atomic E-state index is 11.3. The third-order valence-corrected chi connectivity index (χ3v) is 6.49. The molecule has 0 spiro atoms. The van der Waals surface area contributed by atoms with Crippen LogP contribution in [0.3, 0.4) is 0 Å². The van der Waals surface area contributed by atoms with Crippen LogP contribution in [0, 0.1) is 0 Å². The van der Waals surface area contributed by atoms with E-state index < -0.39 is 0 Å². The number of piperidine rings is 1. The Morgan fingerprint density at radius 3 is 2.61 bits per heavy atom. The highest BCUT2D eigenvalue weighted by Gasteiger charge is 2.21. The smallest absolute Gasteiger partial charge is 0.231 e. The molecule has 2 N–H and O–H groups in total. The number of anilines is 4. The molecule has 0 unspecified atom stereocenters. The maximum absolute atomic E-state index is 11.3. The largest absolute Gasteiger partial charge is 0.341 e. The van der Waals surface area contributed by atoms with Crippen molar-refractivity contribution >= 4 is 40.9 Å². The van der Waals surface area contributed by atoms with Crippen molar-refractivity contribution in [3.8, 4) is 0 Å². The Morgan fingerprint density at radius 2 is 1.84 bits per heavy atom. The second-order valence-electron chi connectivity index (χ2n) is 7.48. The fourth-order valence-electron chi connectivity index (χ4n) is 3.52. The molecule has 4 rings (SSSR count). The minimum absolute atomic E-state index is 0.107. The van der Waals surface area contributed by atoms with Crippen LogP contribution in [0.4, 0.5) is 23.3 Å². The van der Waals surface area contributed by atoms with Crippen LogP contribution in [0.15, 0.2) is 60.9 Å². The normalized spacial score (nSPS) is 14.3. The van der Waals surface area contributed by atoms with Crippen molar-refractivity contribution in [2.24, 2.45) is 0 Å². The predicted molar refractivity (Wildman–Crippen MR) is 127 cm³/mol. The van der Waals surface area contributed by atoms with Crippen molar-refractivity contribution in [3.63, 3.8) is 0 Å². The summed E-state index contributed by atoms with van der Waals surface area (Å²) in [5.74, 6) is 2.14. The summed E-state index contributed by atoms with van der Waals surface area (Å²) in [4.78, 5) is 26.7. The minimum Gasteiger partial charge on any atom is -0.341 e. The summed E-state index contributed by atoms with van der Waals surface area (Å²) in [6.07, 6.45) is 3.77. The maximum Gasteiger partial charge on any atom is 0.231 e. The predicted octanol–water partition coefficient (Wildman–Crippen LogP) is 4.48. The van der Waals surface area contributed by atoms with E-state index >= 15 is 0 Å². The zero-order valence-corrected chi connectivity index (χ0v) is 18.3. The Bertz CT molecular complexity index is 1010. The third-order valence-electron chi connectivity index (χ3n) is 5.05. The van der Waals surface area contributed by atoms with Gasteiger partial charge in [-0.3, -0.25) is 4.79 Å². The molecule has 1 amide bonds. The molecular formula is C23H26N6OS. The molecule has 8 heteroatoms. The van der Waals surface area contributed by atoms with Crippen molar-refractivity contribution in [1.29, 1.82) is 0 Å². The van der Waals surface area contributed by atoms with Crippen molar-refractivity contribution in [1.82, 2.24) is 15.0 Å². The van der Waals surface area contributed by atoms with Crippen LogP contribution in [0.25, 0.3) is 0 Å². The van der Waals surface area contributed by atoms with Gasteiger partial charge in [-0.15, -0.1) is 0 Å². The van der Waals surface area contributed by atoms with Gasteiger partial charge in [-0.25, -0.2) is 9.97 Å². The summed E-state index contributed by atoms with van der Waals surface area (Å²) in [6, 6.07) is 18.1. The Balaban J connectivity index is 1.32. The van der Waals surface area contributed by atoms with E-state index in [-0.39, 0.29) is 5.91 Å². The second kappa shape index (κ2) is 10.3. The van der Waals surface area contributed by atoms with Crippen LogP contribution in [-0.2, 0) is 10.5 Å². The molecule has 2 heterocycles. The minimum atomic E-state index is -0.107. The molecule has 31 heavy (non-hydrogen) atoms. The Morgan fingerprint density at radius 1 is 1.06 bits per heavy atom. The van der Waals surface area contributed by atoms with Gasteiger partial charge in [0.25, 0.3) is 0 Å². The van der Waals surface area contributed by atoms with Crippen molar-refractivity contribution in [3.05, 3.63) is 66.5 Å². The molecule has 0 aliphatic carbocycles. The third kappa shape index (κ3) is 6.18. The van der Waals surface area contributed by atoms with E-state index in [2.05, 4.69) is 60.8 Å². The Labute approximate surface area is 186 Å². The highest BCUT2D eigenvalue weighted by molar-refractivity contribution is 7.99. The van der Waals surface area contributed by atoms with Gasteiger partial charge in [-0.1, -0.05) is 36.4 Å². The number of carbonyl (C=O) groups is 1. The molecular weight excluding hydrogens is 408 g/mol. The lowest BCUT2D eigenvalue weighted by Crippen LogP contribution is -2.36. The van der Waals surface area contributed by atoms with E-state index in [1.165, 1.54) is 12.5 Å². The quantitative estimate of drug-likeness (QED) is 0.567. The first-order chi connectivity index (χ1) is 15.2. The highest BCUT2D eigenvalue weighted by atomic mass is 32.2. The lowest BCUT2D eigenvalue weighted by Gasteiger charge is -2.31. The fraction of sp³-hybridized carbons (Fsp3) is 0.304. The average Bonchev–Trinajstić information content (AvgIpc) is 2.79. The van der Waals surface area contributed by atoms with Crippen molar-refractivity contribution in [2.75, 3.05) is 28.6 Å². The summed E-state index contributed by atoms with van der Waals surface area (Å²) < 4.78 is 0.